The number of rotatable bonds is 5. The third-order valence-electron chi connectivity index (χ3n) is 3.78. The fourth-order valence-electron chi connectivity index (χ4n) is 2.46. The largest absolute Gasteiger partial charge is 0.495 e. The van der Waals surface area contributed by atoms with Crippen molar-refractivity contribution in [3.63, 3.8) is 0 Å². The van der Waals surface area contributed by atoms with Crippen LogP contribution in [0.15, 0.2) is 41.3 Å². The van der Waals surface area contributed by atoms with Crippen molar-refractivity contribution < 1.29 is 27.4 Å². The number of ether oxygens (including phenoxy) is 3. The lowest BCUT2D eigenvalue weighted by Crippen LogP contribution is -2.20. The SMILES string of the molecule is CNS(=O)(=O)c1cc(C(=O)Nc2ccc3c(c2)OCCO3)ccc1OC. The third-order valence-corrected chi connectivity index (χ3v) is 5.22. The Morgan fingerprint density at radius 2 is 1.81 bits per heavy atom. The highest BCUT2D eigenvalue weighted by molar-refractivity contribution is 7.89. The van der Waals surface area contributed by atoms with Crippen LogP contribution >= 0.6 is 0 Å². The Bertz CT molecular complexity index is 942. The van der Waals surface area contributed by atoms with E-state index in [2.05, 4.69) is 10.0 Å². The van der Waals surface area contributed by atoms with Crippen molar-refractivity contribution in [2.45, 2.75) is 4.90 Å². The second-order valence-electron chi connectivity index (χ2n) is 5.39. The van der Waals surface area contributed by atoms with E-state index >= 15 is 0 Å². The first-order valence-corrected chi connectivity index (χ1v) is 9.25. The average Bonchev–Trinajstić information content (AvgIpc) is 2.67. The van der Waals surface area contributed by atoms with E-state index in [0.717, 1.165) is 0 Å². The molecule has 0 saturated heterocycles. The molecule has 0 saturated carbocycles. The number of nitrogens with one attached hydrogen (secondary N) is 2. The predicted octanol–water partition coefficient (Wildman–Crippen LogP) is 1.63. The van der Waals surface area contributed by atoms with E-state index in [1.165, 1.54) is 32.4 Å². The molecule has 0 aliphatic carbocycles. The molecule has 138 valence electrons. The molecule has 0 unspecified atom stereocenters. The van der Waals surface area contributed by atoms with Crippen LogP contribution in [0.2, 0.25) is 0 Å². The van der Waals surface area contributed by atoms with Gasteiger partial charge in [0.15, 0.2) is 11.5 Å². The monoisotopic (exact) mass is 378 g/mol. The van der Waals surface area contributed by atoms with Gasteiger partial charge < -0.3 is 19.5 Å². The summed E-state index contributed by atoms with van der Waals surface area (Å²) in [6.45, 7) is 0.918. The van der Waals surface area contributed by atoms with Crippen molar-refractivity contribution in [2.24, 2.45) is 0 Å². The number of hydrogen-bond acceptors (Lipinski definition) is 6. The fraction of sp³-hybridized carbons (Fsp3) is 0.235. The predicted molar refractivity (Wildman–Crippen MR) is 94.6 cm³/mol. The van der Waals surface area contributed by atoms with Crippen LogP contribution in [0.5, 0.6) is 17.2 Å². The zero-order chi connectivity index (χ0) is 18.7. The van der Waals surface area contributed by atoms with E-state index < -0.39 is 15.9 Å². The van der Waals surface area contributed by atoms with E-state index in [1.54, 1.807) is 18.2 Å². The van der Waals surface area contributed by atoms with Crippen LogP contribution in [0, 0.1) is 0 Å². The number of carbonyl (C=O) groups is 1. The Labute approximate surface area is 151 Å². The highest BCUT2D eigenvalue weighted by Gasteiger charge is 2.20. The average molecular weight is 378 g/mol. The number of methoxy groups -OCH3 is 1. The van der Waals surface area contributed by atoms with E-state index in [1.807, 2.05) is 0 Å². The van der Waals surface area contributed by atoms with Gasteiger partial charge in [0, 0.05) is 17.3 Å². The van der Waals surface area contributed by atoms with Crippen LogP contribution in [-0.2, 0) is 10.0 Å². The third kappa shape index (κ3) is 3.58. The van der Waals surface area contributed by atoms with Crippen molar-refractivity contribution in [3.05, 3.63) is 42.0 Å². The Kier molecular flexibility index (Phi) is 5.01. The molecular formula is C17H18N2O6S. The molecule has 0 atom stereocenters. The highest BCUT2D eigenvalue weighted by Crippen LogP contribution is 2.33. The topological polar surface area (TPSA) is 103 Å². The van der Waals surface area contributed by atoms with Gasteiger partial charge in [0.05, 0.1) is 7.11 Å². The lowest BCUT2D eigenvalue weighted by atomic mass is 10.2. The molecule has 9 heteroatoms. The highest BCUT2D eigenvalue weighted by atomic mass is 32.2. The molecule has 2 N–H and O–H groups in total. The van der Waals surface area contributed by atoms with Gasteiger partial charge >= 0.3 is 0 Å². The Balaban J connectivity index is 1.87. The van der Waals surface area contributed by atoms with Crippen LogP contribution in [0.1, 0.15) is 10.4 Å². The van der Waals surface area contributed by atoms with Gasteiger partial charge in [0.25, 0.3) is 5.91 Å². The smallest absolute Gasteiger partial charge is 0.255 e. The molecule has 0 spiro atoms. The quantitative estimate of drug-likeness (QED) is 0.820. The molecule has 0 radical (unpaired) electrons. The Hall–Kier alpha value is -2.78. The lowest BCUT2D eigenvalue weighted by Gasteiger charge is -2.19. The van der Waals surface area contributed by atoms with Crippen molar-refractivity contribution in [1.29, 1.82) is 0 Å². The summed E-state index contributed by atoms with van der Waals surface area (Å²) in [4.78, 5) is 12.4. The second-order valence-corrected chi connectivity index (χ2v) is 7.24. The van der Waals surface area contributed by atoms with Crippen molar-refractivity contribution in [2.75, 3.05) is 32.7 Å². The van der Waals surface area contributed by atoms with Crippen molar-refractivity contribution in [3.8, 4) is 17.2 Å². The maximum Gasteiger partial charge on any atom is 0.255 e. The lowest BCUT2D eigenvalue weighted by molar-refractivity contribution is 0.102. The summed E-state index contributed by atoms with van der Waals surface area (Å²) in [6, 6.07) is 9.22. The summed E-state index contributed by atoms with van der Waals surface area (Å²) in [5.41, 5.74) is 0.683. The molecule has 1 amide bonds. The number of hydrogen-bond donors (Lipinski definition) is 2. The summed E-state index contributed by atoms with van der Waals surface area (Å²) in [5.74, 6) is 0.843. The maximum atomic E-state index is 12.5. The molecule has 3 rings (SSSR count). The number of benzene rings is 2. The molecule has 1 aliphatic heterocycles. The number of amides is 1. The first-order valence-electron chi connectivity index (χ1n) is 7.77. The van der Waals surface area contributed by atoms with Gasteiger partial charge in [-0.15, -0.1) is 0 Å². The standard InChI is InChI=1S/C17H18N2O6S/c1-18-26(21,22)16-9-11(3-5-14(16)23-2)17(20)19-12-4-6-13-15(10-12)25-8-7-24-13/h3-6,9-10,18H,7-8H2,1-2H3,(H,19,20). The first-order chi connectivity index (χ1) is 12.4. The van der Waals surface area contributed by atoms with Crippen molar-refractivity contribution in [1.82, 2.24) is 4.72 Å². The number of sulfonamides is 1. The van der Waals surface area contributed by atoms with Crippen LogP contribution in [0.3, 0.4) is 0 Å². The zero-order valence-corrected chi connectivity index (χ0v) is 15.1. The molecule has 0 bridgehead atoms. The number of fused-ring (bicyclic) bond motifs is 1. The molecule has 1 heterocycles. The summed E-state index contributed by atoms with van der Waals surface area (Å²) in [5, 5.41) is 2.71. The van der Waals surface area contributed by atoms with E-state index in [0.29, 0.717) is 30.4 Å². The summed E-state index contributed by atoms with van der Waals surface area (Å²) in [6.07, 6.45) is 0. The van der Waals surface area contributed by atoms with Crippen molar-refractivity contribution >= 4 is 21.6 Å². The molecular weight excluding hydrogens is 360 g/mol. The van der Waals surface area contributed by atoms with Crippen LogP contribution in [0.25, 0.3) is 0 Å². The van der Waals surface area contributed by atoms with Crippen LogP contribution in [0.4, 0.5) is 5.69 Å². The molecule has 0 fully saturated rings. The summed E-state index contributed by atoms with van der Waals surface area (Å²) < 4.78 is 42.4. The van der Waals surface area contributed by atoms with Crippen LogP contribution < -0.4 is 24.2 Å². The van der Waals surface area contributed by atoms with Gasteiger partial charge in [-0.1, -0.05) is 0 Å². The van der Waals surface area contributed by atoms with E-state index in [-0.39, 0.29) is 16.2 Å². The number of anilines is 1. The molecule has 1 aliphatic rings. The Morgan fingerprint density at radius 1 is 1.08 bits per heavy atom. The van der Waals surface area contributed by atoms with Crippen LogP contribution in [-0.4, -0.2) is 41.7 Å². The molecule has 8 nitrogen and oxygen atoms in total. The van der Waals surface area contributed by atoms with Gasteiger partial charge in [-0.05, 0) is 37.4 Å². The minimum absolute atomic E-state index is 0.114. The molecule has 2 aromatic rings. The molecule has 0 aromatic heterocycles. The maximum absolute atomic E-state index is 12.5. The minimum atomic E-state index is -3.77. The molecule has 2 aromatic carbocycles. The summed E-state index contributed by atoms with van der Waals surface area (Å²) in [7, 11) is -1.12. The van der Waals surface area contributed by atoms with Gasteiger partial charge in [0.2, 0.25) is 10.0 Å². The van der Waals surface area contributed by atoms with E-state index in [9.17, 15) is 13.2 Å². The zero-order valence-electron chi connectivity index (χ0n) is 14.2. The minimum Gasteiger partial charge on any atom is -0.495 e. The summed E-state index contributed by atoms with van der Waals surface area (Å²) >= 11 is 0. The normalized spacial score (nSPS) is 13.2. The number of carbonyl (C=O) groups excluding carboxylic acids is 1. The van der Waals surface area contributed by atoms with E-state index in [4.69, 9.17) is 14.2 Å². The van der Waals surface area contributed by atoms with Gasteiger partial charge in [-0.2, -0.15) is 0 Å². The van der Waals surface area contributed by atoms with Gasteiger partial charge in [0.1, 0.15) is 23.9 Å². The molecule has 26 heavy (non-hydrogen) atoms. The first kappa shape index (κ1) is 18.0. The Morgan fingerprint density at radius 3 is 2.50 bits per heavy atom. The van der Waals surface area contributed by atoms with Gasteiger partial charge in [-0.3, -0.25) is 4.79 Å². The second kappa shape index (κ2) is 7.22. The van der Waals surface area contributed by atoms with Gasteiger partial charge in [-0.25, -0.2) is 13.1 Å². The fourth-order valence-corrected chi connectivity index (χ4v) is 3.38.